The second kappa shape index (κ2) is 9.44. The maximum absolute atomic E-state index is 12.9. The Hall–Kier alpha value is -4.32. The van der Waals surface area contributed by atoms with Crippen LogP contribution in [0.3, 0.4) is 0 Å². The molecule has 0 aliphatic rings. The number of benzene rings is 1. The first-order valence-electron chi connectivity index (χ1n) is 9.82. The van der Waals surface area contributed by atoms with Gasteiger partial charge in [-0.3, -0.25) is 4.79 Å². The van der Waals surface area contributed by atoms with Gasteiger partial charge in [-0.25, -0.2) is 10.1 Å². The standard InChI is InChI=1S/C21H21N9O2S/c1-13(6-7-14-8-10-15(11-9-14)29(2)3)23-25-21(31)17-18(16-5-4-12-33-16)30(28-24-17)20-19(22)26-32-27-20/h4-12H,1-3H3,(H2,22,26)(H,25,31)/b7-6+,23-13-. The van der Waals surface area contributed by atoms with E-state index in [0.29, 0.717) is 11.4 Å². The Balaban J connectivity index is 1.53. The van der Waals surface area contributed by atoms with Gasteiger partial charge < -0.3 is 10.6 Å². The summed E-state index contributed by atoms with van der Waals surface area (Å²) in [5.74, 6) is -0.349. The lowest BCUT2D eigenvalue weighted by atomic mass is 10.2. The van der Waals surface area contributed by atoms with Gasteiger partial charge in [0.1, 0.15) is 5.69 Å². The lowest BCUT2D eigenvalue weighted by Crippen LogP contribution is -2.20. The zero-order valence-electron chi connectivity index (χ0n) is 18.1. The van der Waals surface area contributed by atoms with E-state index in [1.807, 2.05) is 72.9 Å². The first-order chi connectivity index (χ1) is 15.9. The highest BCUT2D eigenvalue weighted by atomic mass is 32.1. The molecule has 0 unspecified atom stereocenters. The van der Waals surface area contributed by atoms with E-state index in [-0.39, 0.29) is 17.3 Å². The summed E-state index contributed by atoms with van der Waals surface area (Å²) in [6.07, 6.45) is 3.72. The Bertz CT molecular complexity index is 1300. The molecule has 12 heteroatoms. The Morgan fingerprint density at radius 1 is 1.24 bits per heavy atom. The Morgan fingerprint density at radius 3 is 2.67 bits per heavy atom. The molecule has 0 atom stereocenters. The van der Waals surface area contributed by atoms with E-state index in [1.54, 1.807) is 6.92 Å². The second-order valence-corrected chi connectivity index (χ2v) is 8.11. The average Bonchev–Trinajstić information content (AvgIpc) is 3.56. The van der Waals surface area contributed by atoms with Crippen LogP contribution in [0.2, 0.25) is 0 Å². The van der Waals surface area contributed by atoms with E-state index in [0.717, 1.165) is 16.1 Å². The van der Waals surface area contributed by atoms with Crippen LogP contribution in [0.15, 0.2) is 57.6 Å². The Labute approximate surface area is 193 Å². The van der Waals surface area contributed by atoms with Crippen LogP contribution in [-0.4, -0.2) is 51.0 Å². The van der Waals surface area contributed by atoms with Gasteiger partial charge in [0.2, 0.25) is 11.6 Å². The van der Waals surface area contributed by atoms with E-state index in [9.17, 15) is 4.79 Å². The van der Waals surface area contributed by atoms with Crippen molar-refractivity contribution >= 4 is 40.5 Å². The molecule has 0 saturated heterocycles. The third-order valence-corrected chi connectivity index (χ3v) is 5.47. The molecule has 0 radical (unpaired) electrons. The van der Waals surface area contributed by atoms with Crippen LogP contribution < -0.4 is 16.1 Å². The highest BCUT2D eigenvalue weighted by Crippen LogP contribution is 2.29. The SMILES string of the molecule is CC(/C=C/c1ccc(N(C)C)cc1)=N/NC(=O)c1nnn(-c2nonc2N)c1-c1cccs1. The molecular weight excluding hydrogens is 442 g/mol. The van der Waals surface area contributed by atoms with Crippen LogP contribution in [0.1, 0.15) is 23.0 Å². The summed E-state index contributed by atoms with van der Waals surface area (Å²) < 4.78 is 5.98. The van der Waals surface area contributed by atoms with Gasteiger partial charge in [-0.2, -0.15) is 9.78 Å². The molecule has 4 aromatic rings. The fraction of sp³-hybridized carbons (Fsp3) is 0.143. The van der Waals surface area contributed by atoms with E-state index in [4.69, 9.17) is 5.73 Å². The highest BCUT2D eigenvalue weighted by Gasteiger charge is 2.25. The van der Waals surface area contributed by atoms with Crippen molar-refractivity contribution < 1.29 is 9.42 Å². The fourth-order valence-corrected chi connectivity index (χ4v) is 3.64. The first-order valence-corrected chi connectivity index (χ1v) is 10.7. The van der Waals surface area contributed by atoms with Gasteiger partial charge in [0, 0.05) is 19.8 Å². The number of hydrogen-bond acceptors (Lipinski definition) is 10. The molecule has 0 spiro atoms. The van der Waals surface area contributed by atoms with Crippen molar-refractivity contribution in [3.05, 3.63) is 59.1 Å². The number of carbonyl (C=O) groups excluding carboxylic acids is 1. The zero-order valence-corrected chi connectivity index (χ0v) is 18.9. The highest BCUT2D eigenvalue weighted by molar-refractivity contribution is 7.13. The summed E-state index contributed by atoms with van der Waals surface area (Å²) in [6, 6.07) is 11.8. The van der Waals surface area contributed by atoms with Crippen LogP contribution in [-0.2, 0) is 0 Å². The number of thiophene rings is 1. The van der Waals surface area contributed by atoms with Gasteiger partial charge in [0.05, 0.1) is 10.6 Å². The minimum absolute atomic E-state index is 0.0299. The number of amides is 1. The summed E-state index contributed by atoms with van der Waals surface area (Å²) in [5.41, 5.74) is 11.5. The molecular formula is C21H21N9O2S. The quantitative estimate of drug-likeness (QED) is 0.315. The average molecular weight is 464 g/mol. The molecule has 3 N–H and O–H groups in total. The number of hydrogen-bond donors (Lipinski definition) is 2. The smallest absolute Gasteiger partial charge is 0.294 e. The van der Waals surface area contributed by atoms with Crippen LogP contribution in [0.5, 0.6) is 0 Å². The Kier molecular flexibility index (Phi) is 6.26. The number of nitrogens with one attached hydrogen (secondary N) is 1. The maximum atomic E-state index is 12.9. The van der Waals surface area contributed by atoms with E-state index in [1.165, 1.54) is 16.0 Å². The van der Waals surface area contributed by atoms with Gasteiger partial charge in [-0.1, -0.05) is 29.5 Å². The molecule has 3 aromatic heterocycles. The van der Waals surface area contributed by atoms with Crippen molar-refractivity contribution in [2.75, 3.05) is 24.7 Å². The lowest BCUT2D eigenvalue weighted by Gasteiger charge is -2.11. The molecule has 0 aliphatic heterocycles. The van der Waals surface area contributed by atoms with E-state index >= 15 is 0 Å². The molecule has 4 rings (SSSR count). The number of allylic oxidation sites excluding steroid dienone is 1. The molecule has 33 heavy (non-hydrogen) atoms. The predicted octanol–water partition coefficient (Wildman–Crippen LogP) is 2.85. The third kappa shape index (κ3) is 4.80. The number of rotatable bonds is 7. The number of anilines is 2. The molecule has 11 nitrogen and oxygen atoms in total. The topological polar surface area (TPSA) is 140 Å². The maximum Gasteiger partial charge on any atom is 0.294 e. The molecule has 168 valence electrons. The van der Waals surface area contributed by atoms with Crippen LogP contribution in [0.4, 0.5) is 11.5 Å². The summed E-state index contributed by atoms with van der Waals surface area (Å²) in [6.45, 7) is 1.78. The van der Waals surface area contributed by atoms with Gasteiger partial charge in [0.25, 0.3) is 5.91 Å². The number of carbonyl (C=O) groups is 1. The second-order valence-electron chi connectivity index (χ2n) is 7.16. The number of aromatic nitrogens is 5. The minimum atomic E-state index is -0.525. The predicted molar refractivity (Wildman–Crippen MR) is 127 cm³/mol. The van der Waals surface area contributed by atoms with Crippen LogP contribution in [0.25, 0.3) is 22.5 Å². The zero-order chi connectivity index (χ0) is 23.4. The van der Waals surface area contributed by atoms with Crippen molar-refractivity contribution in [1.82, 2.24) is 30.7 Å². The molecule has 0 saturated carbocycles. The normalized spacial score (nSPS) is 11.8. The molecule has 3 heterocycles. The summed E-state index contributed by atoms with van der Waals surface area (Å²) in [5, 5.41) is 21.4. The number of nitrogen functional groups attached to an aromatic ring is 1. The molecule has 0 bridgehead atoms. The largest absolute Gasteiger partial charge is 0.378 e. The van der Waals surface area contributed by atoms with Crippen LogP contribution >= 0.6 is 11.3 Å². The summed E-state index contributed by atoms with van der Waals surface area (Å²) in [4.78, 5) is 15.6. The molecule has 1 aromatic carbocycles. The molecule has 0 aliphatic carbocycles. The minimum Gasteiger partial charge on any atom is -0.378 e. The van der Waals surface area contributed by atoms with E-state index in [2.05, 4.69) is 35.8 Å². The monoisotopic (exact) mass is 463 g/mol. The van der Waals surface area contributed by atoms with Gasteiger partial charge in [0.15, 0.2) is 5.69 Å². The van der Waals surface area contributed by atoms with E-state index < -0.39 is 5.91 Å². The molecule has 0 fully saturated rings. The van der Waals surface area contributed by atoms with Gasteiger partial charge >= 0.3 is 0 Å². The number of hydrazone groups is 1. The summed E-state index contributed by atoms with van der Waals surface area (Å²) >= 11 is 1.41. The lowest BCUT2D eigenvalue weighted by molar-refractivity contribution is 0.0950. The van der Waals surface area contributed by atoms with Gasteiger partial charge in [-0.15, -0.1) is 16.4 Å². The summed E-state index contributed by atoms with van der Waals surface area (Å²) in [7, 11) is 3.98. The van der Waals surface area contributed by atoms with Crippen LogP contribution in [0, 0.1) is 0 Å². The third-order valence-electron chi connectivity index (χ3n) is 4.60. The van der Waals surface area contributed by atoms with Crippen molar-refractivity contribution in [3.8, 4) is 16.4 Å². The molecule has 1 amide bonds. The Morgan fingerprint density at radius 2 is 2.03 bits per heavy atom. The number of nitrogens with zero attached hydrogens (tertiary/aromatic N) is 7. The fourth-order valence-electron chi connectivity index (χ4n) is 2.88. The van der Waals surface area contributed by atoms with Gasteiger partial charge in [-0.05, 0) is 52.5 Å². The van der Waals surface area contributed by atoms with Crippen molar-refractivity contribution in [2.24, 2.45) is 5.10 Å². The first kappa shape index (κ1) is 21.9. The van der Waals surface area contributed by atoms with Crippen molar-refractivity contribution in [2.45, 2.75) is 6.92 Å². The van der Waals surface area contributed by atoms with Crippen molar-refractivity contribution in [1.29, 1.82) is 0 Å². The number of nitrogens with two attached hydrogens (primary N) is 1. The van der Waals surface area contributed by atoms with Crippen molar-refractivity contribution in [3.63, 3.8) is 0 Å².